The van der Waals surface area contributed by atoms with E-state index in [1.165, 1.54) is 32.4 Å². The van der Waals surface area contributed by atoms with Crippen LogP contribution in [0.1, 0.15) is 37.0 Å². The number of ether oxygens (including phenoxy) is 5. The van der Waals surface area contributed by atoms with Gasteiger partial charge in [0, 0.05) is 45.6 Å². The predicted octanol–water partition coefficient (Wildman–Crippen LogP) is 7.72. The molecule has 4 rings (SSSR count). The Balaban J connectivity index is 1.71. The molecule has 3 heterocycles. The van der Waals surface area contributed by atoms with E-state index in [4.69, 9.17) is 28.7 Å². The molecule has 0 radical (unpaired) electrons. The molecule has 52 heavy (non-hydrogen) atoms. The fraction of sp³-hybridized carbons (Fsp3) is 0.459. The van der Waals surface area contributed by atoms with Crippen LogP contribution < -0.4 is 19.1 Å². The van der Waals surface area contributed by atoms with Crippen molar-refractivity contribution in [2.45, 2.75) is 71.8 Å². The average Bonchev–Trinajstić information content (AvgIpc) is 3.44. The molecule has 0 bridgehead atoms. The standard InChI is InChI=1S/C37H49F2N5O7Si/c1-37(2,3)51-36(46)43(22-33(38)39)21-25-17-24(13-14-40-25)27-11-12-29-28(41-27)20-30(44(29)23-50-15-16-52(8,9)10)35(45)42(4)26-18-31(47-5)34(49-7)32(19-26)48-6/h11-14,17-20,33H,15-16,21-23H2,1-10H3. The van der Waals surface area contributed by atoms with Gasteiger partial charge in [-0.2, -0.15) is 0 Å². The highest BCUT2D eigenvalue weighted by Crippen LogP contribution is 2.41. The zero-order valence-electron chi connectivity index (χ0n) is 31.6. The number of benzene rings is 1. The van der Waals surface area contributed by atoms with Crippen LogP contribution in [0.2, 0.25) is 25.7 Å². The van der Waals surface area contributed by atoms with Crippen LogP contribution >= 0.6 is 0 Å². The maximum Gasteiger partial charge on any atom is 0.410 e. The summed E-state index contributed by atoms with van der Waals surface area (Å²) in [5.74, 6) is 0.883. The number of alkyl halides is 2. The van der Waals surface area contributed by atoms with Crippen molar-refractivity contribution in [2.75, 3.05) is 46.4 Å². The number of rotatable bonds is 15. The van der Waals surface area contributed by atoms with Gasteiger partial charge in [-0.15, -0.1) is 0 Å². The van der Waals surface area contributed by atoms with E-state index in [0.29, 0.717) is 63.2 Å². The summed E-state index contributed by atoms with van der Waals surface area (Å²) in [5, 5.41) is 0. The number of carbonyl (C=O) groups excluding carboxylic acids is 2. The molecule has 0 N–H and O–H groups in total. The lowest BCUT2D eigenvalue weighted by molar-refractivity contribution is 0.00789. The van der Waals surface area contributed by atoms with Crippen LogP contribution in [-0.2, 0) is 22.7 Å². The molecule has 1 aromatic carbocycles. The van der Waals surface area contributed by atoms with Crippen LogP contribution in [0.15, 0.2) is 48.7 Å². The summed E-state index contributed by atoms with van der Waals surface area (Å²) >= 11 is 0. The maximum atomic E-state index is 14.2. The van der Waals surface area contributed by atoms with Crippen LogP contribution in [0.3, 0.4) is 0 Å². The second-order valence-electron chi connectivity index (χ2n) is 14.4. The van der Waals surface area contributed by atoms with Gasteiger partial charge in [-0.05, 0) is 57.1 Å². The first-order chi connectivity index (χ1) is 24.4. The summed E-state index contributed by atoms with van der Waals surface area (Å²) < 4.78 is 56.6. The second-order valence-corrected chi connectivity index (χ2v) is 20.1. The molecule has 3 aromatic heterocycles. The topological polar surface area (TPSA) is 117 Å². The molecule has 0 spiro atoms. The lowest BCUT2D eigenvalue weighted by Gasteiger charge is -2.27. The summed E-state index contributed by atoms with van der Waals surface area (Å²) in [6.45, 7) is 11.5. The molecule has 0 fully saturated rings. The van der Waals surface area contributed by atoms with Gasteiger partial charge in [-0.1, -0.05) is 19.6 Å². The molecule has 0 atom stereocenters. The molecule has 12 nitrogen and oxygen atoms in total. The summed E-state index contributed by atoms with van der Waals surface area (Å²) in [7, 11) is 4.81. The smallest absolute Gasteiger partial charge is 0.410 e. The number of hydrogen-bond acceptors (Lipinski definition) is 9. The van der Waals surface area contributed by atoms with Gasteiger partial charge in [-0.25, -0.2) is 18.6 Å². The highest BCUT2D eigenvalue weighted by Gasteiger charge is 2.27. The van der Waals surface area contributed by atoms with E-state index < -0.39 is 32.7 Å². The van der Waals surface area contributed by atoms with Crippen molar-refractivity contribution in [1.29, 1.82) is 0 Å². The third kappa shape index (κ3) is 10.2. The lowest BCUT2D eigenvalue weighted by atomic mass is 10.1. The number of carbonyl (C=O) groups is 2. The average molecular weight is 742 g/mol. The summed E-state index contributed by atoms with van der Waals surface area (Å²) in [5.41, 5.74) is 2.81. The van der Waals surface area contributed by atoms with E-state index in [2.05, 4.69) is 24.6 Å². The Kier molecular flexibility index (Phi) is 12.9. The number of hydrogen-bond donors (Lipinski definition) is 0. The fourth-order valence-electron chi connectivity index (χ4n) is 5.32. The molecular formula is C37H49F2N5O7Si. The van der Waals surface area contributed by atoms with Crippen LogP contribution in [0, 0.1) is 0 Å². The zero-order valence-corrected chi connectivity index (χ0v) is 32.6. The molecule has 4 aromatic rings. The normalized spacial score (nSPS) is 11.9. The van der Waals surface area contributed by atoms with E-state index in [1.54, 1.807) is 62.7 Å². The number of pyridine rings is 2. The minimum absolute atomic E-state index is 0.128. The highest BCUT2D eigenvalue weighted by atomic mass is 28.3. The van der Waals surface area contributed by atoms with Crippen LogP contribution in [-0.4, -0.2) is 93.1 Å². The van der Waals surface area contributed by atoms with E-state index >= 15 is 0 Å². The minimum Gasteiger partial charge on any atom is -0.493 e. The number of amides is 2. The minimum atomic E-state index is -2.76. The van der Waals surface area contributed by atoms with Crippen molar-refractivity contribution < 1.29 is 42.1 Å². The van der Waals surface area contributed by atoms with Crippen molar-refractivity contribution in [3.8, 4) is 28.5 Å². The largest absolute Gasteiger partial charge is 0.493 e. The molecule has 0 saturated carbocycles. The predicted molar refractivity (Wildman–Crippen MR) is 199 cm³/mol. The van der Waals surface area contributed by atoms with Gasteiger partial charge >= 0.3 is 6.09 Å². The maximum absolute atomic E-state index is 14.2. The van der Waals surface area contributed by atoms with E-state index in [0.717, 1.165) is 10.9 Å². The van der Waals surface area contributed by atoms with E-state index in [9.17, 15) is 18.4 Å². The fourth-order valence-corrected chi connectivity index (χ4v) is 6.07. The van der Waals surface area contributed by atoms with Crippen molar-refractivity contribution >= 4 is 36.8 Å². The van der Waals surface area contributed by atoms with Gasteiger partial charge in [0.1, 0.15) is 18.0 Å². The Morgan fingerprint density at radius 3 is 2.21 bits per heavy atom. The summed E-state index contributed by atoms with van der Waals surface area (Å²) in [4.78, 5) is 38.6. The molecule has 0 aliphatic heterocycles. The van der Waals surface area contributed by atoms with Gasteiger partial charge in [-0.3, -0.25) is 14.7 Å². The van der Waals surface area contributed by atoms with Crippen molar-refractivity contribution in [1.82, 2.24) is 19.4 Å². The molecular weight excluding hydrogens is 693 g/mol. The van der Waals surface area contributed by atoms with Crippen LogP contribution in [0.4, 0.5) is 19.3 Å². The first-order valence-corrected chi connectivity index (χ1v) is 20.5. The van der Waals surface area contributed by atoms with Crippen LogP contribution in [0.5, 0.6) is 17.2 Å². The molecule has 282 valence electrons. The van der Waals surface area contributed by atoms with Gasteiger partial charge < -0.3 is 33.2 Å². The SMILES string of the molecule is COc1cc(N(C)C(=O)c2cc3nc(-c4ccnc(CN(CC(F)F)C(=O)OC(C)(C)C)c4)ccc3n2COCC[Si](C)(C)C)cc(OC)c1OC. The van der Waals surface area contributed by atoms with E-state index in [1.807, 2.05) is 12.1 Å². The Morgan fingerprint density at radius 1 is 0.962 bits per heavy atom. The monoisotopic (exact) mass is 741 g/mol. The number of anilines is 1. The first kappa shape index (κ1) is 40.0. The number of halogens is 2. The Bertz CT molecular complexity index is 1850. The molecule has 0 unspecified atom stereocenters. The summed E-state index contributed by atoms with van der Waals surface area (Å²) in [6, 6.07) is 13.2. The number of methoxy groups -OCH3 is 3. The quantitative estimate of drug-likeness (QED) is 0.0892. The molecule has 0 aliphatic carbocycles. The molecule has 0 saturated heterocycles. The molecule has 0 aliphatic rings. The molecule has 2 amide bonds. The highest BCUT2D eigenvalue weighted by molar-refractivity contribution is 6.76. The van der Waals surface area contributed by atoms with Crippen molar-refractivity contribution in [3.63, 3.8) is 0 Å². The van der Waals surface area contributed by atoms with Crippen LogP contribution in [0.25, 0.3) is 22.3 Å². The number of aromatic nitrogens is 3. The molecule has 15 heteroatoms. The second kappa shape index (κ2) is 16.7. The van der Waals surface area contributed by atoms with Gasteiger partial charge in [0.2, 0.25) is 5.75 Å². The Labute approximate surface area is 304 Å². The third-order valence-electron chi connectivity index (χ3n) is 8.01. The number of nitrogens with zero attached hydrogens (tertiary/aromatic N) is 5. The lowest BCUT2D eigenvalue weighted by Crippen LogP contribution is -2.39. The van der Waals surface area contributed by atoms with E-state index in [-0.39, 0.29) is 19.2 Å². The van der Waals surface area contributed by atoms with Crippen molar-refractivity contribution in [2.24, 2.45) is 0 Å². The number of fused-ring (bicyclic) bond motifs is 1. The van der Waals surface area contributed by atoms with Crippen molar-refractivity contribution in [3.05, 3.63) is 60.0 Å². The summed E-state index contributed by atoms with van der Waals surface area (Å²) in [6.07, 6.45) is -2.08. The Hall–Kier alpha value is -4.76. The third-order valence-corrected chi connectivity index (χ3v) is 9.71. The Morgan fingerprint density at radius 2 is 1.63 bits per heavy atom. The first-order valence-electron chi connectivity index (χ1n) is 16.8. The van der Waals surface area contributed by atoms with Gasteiger partial charge in [0.25, 0.3) is 12.3 Å². The van der Waals surface area contributed by atoms with Gasteiger partial charge in [0.15, 0.2) is 11.5 Å². The van der Waals surface area contributed by atoms with Gasteiger partial charge in [0.05, 0.1) is 62.5 Å². The zero-order chi connectivity index (χ0) is 38.4.